The first-order valence-corrected chi connectivity index (χ1v) is 12.0. The summed E-state index contributed by atoms with van der Waals surface area (Å²) < 4.78 is 10.7. The van der Waals surface area contributed by atoms with Crippen molar-refractivity contribution in [1.82, 2.24) is 0 Å². The fourth-order valence-corrected chi connectivity index (χ4v) is 8.79. The smallest absolute Gasteiger partial charge is 0.331 e. The molecule has 9 atom stereocenters. The second-order valence-electron chi connectivity index (χ2n) is 11.5. The summed E-state index contributed by atoms with van der Waals surface area (Å²) in [5, 5.41) is 23.3. The van der Waals surface area contributed by atoms with Crippen LogP contribution in [0.1, 0.15) is 72.1 Å². The van der Waals surface area contributed by atoms with Crippen LogP contribution < -0.4 is 0 Å². The number of aliphatic hydroxyl groups is 2. The Balaban J connectivity index is 1.43. The maximum Gasteiger partial charge on any atom is 0.331 e. The first-order chi connectivity index (χ1) is 14.6. The third-order valence-corrected chi connectivity index (χ3v) is 10.2. The Morgan fingerprint density at radius 2 is 1.94 bits per heavy atom. The molecule has 6 nitrogen and oxygen atoms in total. The summed E-state index contributed by atoms with van der Waals surface area (Å²) in [6.07, 6.45) is 7.94. The molecule has 2 N–H and O–H groups in total. The number of hydrogen-bond acceptors (Lipinski definition) is 6. The first-order valence-electron chi connectivity index (χ1n) is 12.0. The van der Waals surface area contributed by atoms with Crippen molar-refractivity contribution in [1.29, 1.82) is 0 Å². The molecule has 0 aromatic carbocycles. The maximum atomic E-state index is 12.2. The quantitative estimate of drug-likeness (QED) is 0.651. The number of fused-ring (bicyclic) bond motifs is 5. The van der Waals surface area contributed by atoms with Crippen molar-refractivity contribution < 1.29 is 29.3 Å². The van der Waals surface area contributed by atoms with Gasteiger partial charge in [-0.25, -0.2) is 4.79 Å². The van der Waals surface area contributed by atoms with Crippen molar-refractivity contribution >= 4 is 11.9 Å². The lowest BCUT2D eigenvalue weighted by atomic mass is 9.43. The summed E-state index contributed by atoms with van der Waals surface area (Å²) in [5.41, 5.74) is -0.416. The van der Waals surface area contributed by atoms with Gasteiger partial charge >= 0.3 is 11.9 Å². The number of carbonyl (C=O) groups is 2. The molecule has 0 bridgehead atoms. The van der Waals surface area contributed by atoms with Crippen molar-refractivity contribution in [3.63, 3.8) is 0 Å². The van der Waals surface area contributed by atoms with Crippen LogP contribution in [0.25, 0.3) is 0 Å². The number of aliphatic hydroxyl groups excluding tert-OH is 1. The number of rotatable bonds is 2. The van der Waals surface area contributed by atoms with Gasteiger partial charge in [-0.2, -0.15) is 0 Å². The van der Waals surface area contributed by atoms with Crippen molar-refractivity contribution in [2.45, 2.75) is 89.9 Å². The molecule has 0 spiro atoms. The summed E-state index contributed by atoms with van der Waals surface area (Å²) in [6, 6.07) is 0. The molecule has 6 heteroatoms. The van der Waals surface area contributed by atoms with E-state index in [1.54, 1.807) is 0 Å². The van der Waals surface area contributed by atoms with E-state index in [1.165, 1.54) is 13.0 Å². The van der Waals surface area contributed by atoms with Crippen LogP contribution in [-0.2, 0) is 19.1 Å². The second-order valence-corrected chi connectivity index (χ2v) is 11.5. The van der Waals surface area contributed by atoms with Crippen molar-refractivity contribution in [3.05, 3.63) is 11.6 Å². The van der Waals surface area contributed by atoms with Gasteiger partial charge in [0.1, 0.15) is 12.7 Å². The van der Waals surface area contributed by atoms with Crippen LogP contribution in [0.15, 0.2) is 11.6 Å². The molecule has 4 aliphatic carbocycles. The number of carbonyl (C=O) groups excluding carboxylic acids is 2. The predicted molar refractivity (Wildman–Crippen MR) is 113 cm³/mol. The largest absolute Gasteiger partial charge is 0.463 e. The van der Waals surface area contributed by atoms with Gasteiger partial charge < -0.3 is 19.7 Å². The Kier molecular flexibility index (Phi) is 4.88. The lowest BCUT2D eigenvalue weighted by Crippen LogP contribution is -2.62. The van der Waals surface area contributed by atoms with Gasteiger partial charge in [0.05, 0.1) is 11.7 Å². The third-order valence-electron chi connectivity index (χ3n) is 10.2. The van der Waals surface area contributed by atoms with Crippen LogP contribution in [0.4, 0.5) is 0 Å². The number of ether oxygens (including phenoxy) is 2. The van der Waals surface area contributed by atoms with E-state index in [-0.39, 0.29) is 41.9 Å². The number of hydrogen-bond donors (Lipinski definition) is 2. The van der Waals surface area contributed by atoms with E-state index in [0.717, 1.165) is 50.5 Å². The molecule has 5 aliphatic rings. The predicted octanol–water partition coefficient (Wildman–Crippen LogP) is 3.15. The van der Waals surface area contributed by atoms with Crippen molar-refractivity contribution in [2.75, 3.05) is 6.61 Å². The highest BCUT2D eigenvalue weighted by atomic mass is 16.5. The Hall–Kier alpha value is -1.40. The monoisotopic (exact) mass is 432 g/mol. The number of cyclic esters (lactones) is 1. The molecule has 1 aliphatic heterocycles. The van der Waals surface area contributed by atoms with Gasteiger partial charge in [-0.3, -0.25) is 4.79 Å². The highest BCUT2D eigenvalue weighted by Crippen LogP contribution is 2.70. The second kappa shape index (κ2) is 7.05. The lowest BCUT2D eigenvalue weighted by Gasteiger charge is -2.63. The molecule has 0 aromatic rings. The van der Waals surface area contributed by atoms with Gasteiger partial charge in [0.2, 0.25) is 0 Å². The molecule has 172 valence electrons. The summed E-state index contributed by atoms with van der Waals surface area (Å²) in [6.45, 7) is 6.24. The van der Waals surface area contributed by atoms with E-state index in [2.05, 4.69) is 13.8 Å². The van der Waals surface area contributed by atoms with Crippen LogP contribution in [0, 0.1) is 34.5 Å². The molecule has 0 aromatic heterocycles. The fraction of sp³-hybridized carbons (Fsp3) is 0.840. The molecule has 31 heavy (non-hydrogen) atoms. The molecule has 4 saturated carbocycles. The Morgan fingerprint density at radius 1 is 1.16 bits per heavy atom. The van der Waals surface area contributed by atoms with Gasteiger partial charge in [0, 0.05) is 30.8 Å². The Labute approximate surface area is 184 Å². The van der Waals surface area contributed by atoms with E-state index in [4.69, 9.17) is 9.47 Å². The van der Waals surface area contributed by atoms with Gasteiger partial charge in [-0.1, -0.05) is 13.8 Å². The molecule has 4 fully saturated rings. The fourth-order valence-electron chi connectivity index (χ4n) is 8.79. The topological polar surface area (TPSA) is 93.1 Å². The van der Waals surface area contributed by atoms with Crippen molar-refractivity contribution in [3.8, 4) is 0 Å². The first kappa shape index (κ1) is 21.4. The van der Waals surface area contributed by atoms with Gasteiger partial charge in [0.15, 0.2) is 0 Å². The molecule has 0 saturated heterocycles. The SMILES string of the molecule is CC(=O)O[C@@H]1CC[C@@]2(C)[C@H](CC[C@@H]3[C@@H]2CC[C@]2(C)[C@@H](C4=CC(=O)OC4)[C@@H](O)C[C@]32O)C1. The van der Waals surface area contributed by atoms with Crippen LogP contribution in [0.2, 0.25) is 0 Å². The van der Waals surface area contributed by atoms with E-state index in [1.807, 2.05) is 0 Å². The molecule has 0 radical (unpaired) electrons. The van der Waals surface area contributed by atoms with Gasteiger partial charge in [-0.05, 0) is 73.7 Å². The van der Waals surface area contributed by atoms with Crippen LogP contribution in [0.5, 0.6) is 0 Å². The summed E-state index contributed by atoms with van der Waals surface area (Å²) in [5.74, 6) is 0.299. The lowest BCUT2D eigenvalue weighted by molar-refractivity contribution is -0.210. The Morgan fingerprint density at radius 3 is 2.61 bits per heavy atom. The maximum absolute atomic E-state index is 12.2. The molecule has 5 rings (SSSR count). The summed E-state index contributed by atoms with van der Waals surface area (Å²) in [4.78, 5) is 23.2. The van der Waals surface area contributed by atoms with Crippen LogP contribution >= 0.6 is 0 Å². The zero-order valence-electron chi connectivity index (χ0n) is 18.9. The minimum atomic E-state index is -0.937. The van der Waals surface area contributed by atoms with Gasteiger partial charge in [-0.15, -0.1) is 0 Å². The standard InChI is InChI=1S/C25H36O6/c1-14(26)31-17-6-8-23(2)16(11-17)4-5-19-18(23)7-9-24(3)22(15-10-21(28)30-13-15)20(27)12-25(19,24)29/h10,16-20,22,27,29H,4-9,11-13H2,1-3H3/t16-,17-,18+,19-,20+,22+,23+,24-,25+/m1/s1. The average Bonchev–Trinajstić information content (AvgIpc) is 3.18. The Bertz CT molecular complexity index is 821. The summed E-state index contributed by atoms with van der Waals surface area (Å²) >= 11 is 0. The van der Waals surface area contributed by atoms with Crippen molar-refractivity contribution in [2.24, 2.45) is 34.5 Å². The van der Waals surface area contributed by atoms with E-state index >= 15 is 0 Å². The van der Waals surface area contributed by atoms with Crippen LogP contribution in [0.3, 0.4) is 0 Å². The zero-order chi connectivity index (χ0) is 22.2. The molecule has 0 unspecified atom stereocenters. The zero-order valence-corrected chi connectivity index (χ0v) is 18.9. The van der Waals surface area contributed by atoms with E-state index < -0.39 is 17.1 Å². The highest BCUT2D eigenvalue weighted by Gasteiger charge is 2.70. The minimum Gasteiger partial charge on any atom is -0.463 e. The molecular formula is C25H36O6. The minimum absolute atomic E-state index is 0.0218. The summed E-state index contributed by atoms with van der Waals surface area (Å²) in [7, 11) is 0. The van der Waals surface area contributed by atoms with Gasteiger partial charge in [0.25, 0.3) is 0 Å². The van der Waals surface area contributed by atoms with E-state index in [9.17, 15) is 19.8 Å². The van der Waals surface area contributed by atoms with Crippen LogP contribution in [-0.4, -0.2) is 46.6 Å². The highest BCUT2D eigenvalue weighted by molar-refractivity contribution is 5.85. The molecule has 1 heterocycles. The van der Waals surface area contributed by atoms with E-state index in [0.29, 0.717) is 18.3 Å². The average molecular weight is 433 g/mol. The number of esters is 2. The molecular weight excluding hydrogens is 396 g/mol. The third kappa shape index (κ3) is 2.97. The molecule has 0 amide bonds. The normalized spacial score (nSPS) is 51.3.